The largest absolute Gasteiger partial charge is 0.480 e. The van der Waals surface area contributed by atoms with Crippen molar-refractivity contribution in [1.29, 1.82) is 0 Å². The fourth-order valence-corrected chi connectivity index (χ4v) is 1.63. The highest BCUT2D eigenvalue weighted by atomic mass is 16.5. The van der Waals surface area contributed by atoms with Crippen LogP contribution in [0.15, 0.2) is 30.7 Å². The van der Waals surface area contributed by atoms with Gasteiger partial charge in [0.2, 0.25) is 5.88 Å². The maximum atomic E-state index is 6.15. The standard InChI is InChI=1S/C12H14N4O/c1-8-7-9(3-4-14-8)10(13)11-12(17-2)16-6-5-15-11/h3-7,10H,13H2,1-2H3. The molecule has 0 spiro atoms. The van der Waals surface area contributed by atoms with Crippen molar-refractivity contribution in [3.8, 4) is 5.88 Å². The number of nitrogens with two attached hydrogens (primary N) is 1. The van der Waals surface area contributed by atoms with Crippen molar-refractivity contribution in [3.05, 3.63) is 47.7 Å². The molecule has 0 fully saturated rings. The molecule has 0 bridgehead atoms. The quantitative estimate of drug-likeness (QED) is 0.858. The molecule has 2 heterocycles. The molecule has 2 aromatic heterocycles. The number of hydrogen-bond acceptors (Lipinski definition) is 5. The van der Waals surface area contributed by atoms with E-state index in [2.05, 4.69) is 15.0 Å². The van der Waals surface area contributed by atoms with Crippen LogP contribution in [0.1, 0.15) is 23.0 Å². The summed E-state index contributed by atoms with van der Waals surface area (Å²) in [5, 5.41) is 0. The number of aromatic nitrogens is 3. The predicted molar refractivity (Wildman–Crippen MR) is 63.6 cm³/mol. The molecular weight excluding hydrogens is 216 g/mol. The van der Waals surface area contributed by atoms with Crippen molar-refractivity contribution in [2.75, 3.05) is 7.11 Å². The summed E-state index contributed by atoms with van der Waals surface area (Å²) in [6.45, 7) is 1.92. The second-order valence-corrected chi connectivity index (χ2v) is 3.66. The highest BCUT2D eigenvalue weighted by Gasteiger charge is 2.16. The second-order valence-electron chi connectivity index (χ2n) is 3.66. The molecule has 5 nitrogen and oxygen atoms in total. The van der Waals surface area contributed by atoms with E-state index in [0.717, 1.165) is 11.3 Å². The Morgan fingerprint density at radius 3 is 2.65 bits per heavy atom. The zero-order valence-electron chi connectivity index (χ0n) is 9.79. The van der Waals surface area contributed by atoms with Gasteiger partial charge in [0.25, 0.3) is 0 Å². The van der Waals surface area contributed by atoms with Crippen LogP contribution in [0.3, 0.4) is 0 Å². The number of aryl methyl sites for hydroxylation is 1. The van der Waals surface area contributed by atoms with Gasteiger partial charge in [0, 0.05) is 24.3 Å². The maximum Gasteiger partial charge on any atom is 0.237 e. The fourth-order valence-electron chi connectivity index (χ4n) is 1.63. The third kappa shape index (κ3) is 2.39. The van der Waals surface area contributed by atoms with Crippen molar-refractivity contribution in [1.82, 2.24) is 15.0 Å². The molecule has 0 aliphatic heterocycles. The normalized spacial score (nSPS) is 12.2. The molecule has 0 aliphatic carbocycles. The average Bonchev–Trinajstić information content (AvgIpc) is 2.38. The van der Waals surface area contributed by atoms with Crippen LogP contribution >= 0.6 is 0 Å². The Morgan fingerprint density at radius 1 is 1.18 bits per heavy atom. The lowest BCUT2D eigenvalue weighted by Crippen LogP contribution is -2.15. The molecule has 0 amide bonds. The Kier molecular flexibility index (Phi) is 3.30. The first-order valence-corrected chi connectivity index (χ1v) is 5.25. The van der Waals surface area contributed by atoms with Crippen molar-refractivity contribution in [3.63, 3.8) is 0 Å². The Labute approximate surface area is 99.7 Å². The van der Waals surface area contributed by atoms with Crippen LogP contribution in [0.5, 0.6) is 5.88 Å². The minimum Gasteiger partial charge on any atom is -0.480 e. The molecule has 0 saturated carbocycles. The van der Waals surface area contributed by atoms with Gasteiger partial charge in [-0.25, -0.2) is 4.98 Å². The zero-order chi connectivity index (χ0) is 12.3. The third-order valence-electron chi connectivity index (χ3n) is 2.46. The molecule has 88 valence electrons. The van der Waals surface area contributed by atoms with Crippen molar-refractivity contribution < 1.29 is 4.74 Å². The summed E-state index contributed by atoms with van der Waals surface area (Å²) >= 11 is 0. The van der Waals surface area contributed by atoms with Crippen LogP contribution in [-0.2, 0) is 0 Å². The van der Waals surface area contributed by atoms with Gasteiger partial charge in [-0.2, -0.15) is 0 Å². The summed E-state index contributed by atoms with van der Waals surface area (Å²) in [5.74, 6) is 0.453. The van der Waals surface area contributed by atoms with Crippen LogP contribution in [0.4, 0.5) is 0 Å². The SMILES string of the molecule is COc1nccnc1C(N)c1ccnc(C)c1. The Bertz CT molecular complexity index is 515. The smallest absolute Gasteiger partial charge is 0.237 e. The molecule has 2 aromatic rings. The average molecular weight is 230 g/mol. The lowest BCUT2D eigenvalue weighted by Gasteiger charge is -2.13. The Hall–Kier alpha value is -2.01. The van der Waals surface area contributed by atoms with E-state index in [1.165, 1.54) is 0 Å². The van der Waals surface area contributed by atoms with E-state index in [4.69, 9.17) is 10.5 Å². The number of methoxy groups -OCH3 is 1. The predicted octanol–water partition coefficient (Wildman–Crippen LogP) is 1.24. The first-order chi connectivity index (χ1) is 8.22. The fraction of sp³-hybridized carbons (Fsp3) is 0.250. The lowest BCUT2D eigenvalue weighted by atomic mass is 10.1. The van der Waals surface area contributed by atoms with E-state index in [1.807, 2.05) is 19.1 Å². The number of ether oxygens (including phenoxy) is 1. The zero-order valence-corrected chi connectivity index (χ0v) is 9.79. The molecular formula is C12H14N4O. The summed E-state index contributed by atoms with van der Waals surface area (Å²) in [5.41, 5.74) is 8.64. The van der Waals surface area contributed by atoms with Crippen molar-refractivity contribution in [2.45, 2.75) is 13.0 Å². The number of nitrogens with zero attached hydrogens (tertiary/aromatic N) is 3. The van der Waals surface area contributed by atoms with E-state index in [9.17, 15) is 0 Å². The van der Waals surface area contributed by atoms with E-state index < -0.39 is 0 Å². The molecule has 1 atom stereocenters. The van der Waals surface area contributed by atoms with Gasteiger partial charge in [0.05, 0.1) is 13.2 Å². The van der Waals surface area contributed by atoms with E-state index in [-0.39, 0.29) is 6.04 Å². The monoisotopic (exact) mass is 230 g/mol. The minimum atomic E-state index is -0.361. The van der Waals surface area contributed by atoms with Crippen LogP contribution in [0.25, 0.3) is 0 Å². The first kappa shape index (κ1) is 11.5. The summed E-state index contributed by atoms with van der Waals surface area (Å²) < 4.78 is 5.15. The maximum absolute atomic E-state index is 6.15. The van der Waals surface area contributed by atoms with E-state index in [0.29, 0.717) is 11.6 Å². The Balaban J connectivity index is 2.40. The summed E-state index contributed by atoms with van der Waals surface area (Å²) in [6, 6.07) is 3.44. The molecule has 0 aliphatic rings. The Morgan fingerprint density at radius 2 is 1.94 bits per heavy atom. The molecule has 0 aromatic carbocycles. The van der Waals surface area contributed by atoms with Crippen molar-refractivity contribution in [2.24, 2.45) is 5.73 Å². The summed E-state index contributed by atoms with van der Waals surface area (Å²) in [6.07, 6.45) is 4.91. The number of rotatable bonds is 3. The van der Waals surface area contributed by atoms with Crippen LogP contribution in [0.2, 0.25) is 0 Å². The molecule has 2 rings (SSSR count). The molecule has 1 unspecified atom stereocenters. The van der Waals surface area contributed by atoms with E-state index >= 15 is 0 Å². The van der Waals surface area contributed by atoms with Crippen LogP contribution < -0.4 is 10.5 Å². The number of pyridine rings is 1. The lowest BCUT2D eigenvalue weighted by molar-refractivity contribution is 0.387. The molecule has 0 radical (unpaired) electrons. The van der Waals surface area contributed by atoms with Gasteiger partial charge in [0.1, 0.15) is 5.69 Å². The summed E-state index contributed by atoms with van der Waals surface area (Å²) in [7, 11) is 1.55. The highest BCUT2D eigenvalue weighted by Crippen LogP contribution is 2.23. The topological polar surface area (TPSA) is 73.9 Å². The van der Waals surface area contributed by atoms with Gasteiger partial charge < -0.3 is 10.5 Å². The van der Waals surface area contributed by atoms with Crippen LogP contribution in [0, 0.1) is 6.92 Å². The molecule has 2 N–H and O–H groups in total. The third-order valence-corrected chi connectivity index (χ3v) is 2.46. The minimum absolute atomic E-state index is 0.361. The molecule has 0 saturated heterocycles. The van der Waals surface area contributed by atoms with Gasteiger partial charge in [-0.15, -0.1) is 0 Å². The molecule has 5 heteroatoms. The van der Waals surface area contributed by atoms with Gasteiger partial charge in [0.15, 0.2) is 0 Å². The highest BCUT2D eigenvalue weighted by molar-refractivity contribution is 5.32. The first-order valence-electron chi connectivity index (χ1n) is 5.25. The molecule has 17 heavy (non-hydrogen) atoms. The van der Waals surface area contributed by atoms with Gasteiger partial charge in [-0.3, -0.25) is 9.97 Å². The van der Waals surface area contributed by atoms with Crippen LogP contribution in [-0.4, -0.2) is 22.1 Å². The van der Waals surface area contributed by atoms with Gasteiger partial charge in [-0.05, 0) is 24.6 Å². The summed E-state index contributed by atoms with van der Waals surface area (Å²) in [4.78, 5) is 12.4. The number of hydrogen-bond donors (Lipinski definition) is 1. The van der Waals surface area contributed by atoms with E-state index in [1.54, 1.807) is 25.7 Å². The van der Waals surface area contributed by atoms with Gasteiger partial charge >= 0.3 is 0 Å². The second kappa shape index (κ2) is 4.88. The van der Waals surface area contributed by atoms with Gasteiger partial charge in [-0.1, -0.05) is 0 Å². The van der Waals surface area contributed by atoms with Crippen molar-refractivity contribution >= 4 is 0 Å².